The molecule has 0 spiro atoms. The molecule has 3 saturated carbocycles. The van der Waals surface area contributed by atoms with Gasteiger partial charge in [-0.1, -0.05) is 20.3 Å². The third-order valence-electron chi connectivity index (χ3n) is 6.63. The van der Waals surface area contributed by atoms with Crippen LogP contribution in [0.3, 0.4) is 0 Å². The summed E-state index contributed by atoms with van der Waals surface area (Å²) in [7, 11) is 0. The molecule has 0 heterocycles. The number of rotatable bonds is 2. The van der Waals surface area contributed by atoms with E-state index in [0.717, 1.165) is 25.7 Å². The molecule has 3 aliphatic rings. The van der Waals surface area contributed by atoms with Gasteiger partial charge in [-0.25, -0.2) is 4.79 Å². The number of aliphatic hydroxyl groups excluding tert-OH is 2. The van der Waals surface area contributed by atoms with E-state index in [9.17, 15) is 14.7 Å². The summed E-state index contributed by atoms with van der Waals surface area (Å²) in [4.78, 5) is 24.3. The van der Waals surface area contributed by atoms with Crippen LogP contribution in [0.1, 0.15) is 58.8 Å². The van der Waals surface area contributed by atoms with Crippen molar-refractivity contribution in [3.8, 4) is 0 Å². The van der Waals surface area contributed by atoms with Gasteiger partial charge in [-0.2, -0.15) is 0 Å². The van der Waals surface area contributed by atoms with Crippen molar-refractivity contribution in [2.24, 2.45) is 22.7 Å². The number of carbonyl (C=O) groups is 2. The number of ether oxygens (including phenoxy) is 1. The average Bonchev–Trinajstić information content (AvgIpc) is 2.82. The second-order valence-electron chi connectivity index (χ2n) is 8.46. The predicted octanol–water partition coefficient (Wildman–Crippen LogP) is 1.84. The lowest BCUT2D eigenvalue weighted by atomic mass is 9.55. The van der Waals surface area contributed by atoms with E-state index in [1.807, 2.05) is 13.8 Å². The molecule has 3 rings (SSSR count). The minimum atomic E-state index is -0.643. The molecule has 0 amide bonds. The molecule has 0 saturated heterocycles. The highest BCUT2D eigenvalue weighted by Gasteiger charge is 2.58. The number of Topliss-reactive ketones (excluding diaryl/α,β-unsaturated/α-hetero) is 1. The maximum absolute atomic E-state index is 12.6. The van der Waals surface area contributed by atoms with Crippen LogP contribution in [0, 0.1) is 22.7 Å². The van der Waals surface area contributed by atoms with Gasteiger partial charge >= 0.3 is 5.97 Å². The van der Waals surface area contributed by atoms with E-state index in [1.165, 1.54) is 0 Å². The Labute approximate surface area is 137 Å². The zero-order valence-electron chi connectivity index (χ0n) is 14.1. The minimum Gasteiger partial charge on any atom is -0.460 e. The number of esters is 1. The summed E-state index contributed by atoms with van der Waals surface area (Å²) >= 11 is 0. The van der Waals surface area contributed by atoms with Crippen molar-refractivity contribution < 1.29 is 24.5 Å². The molecular weight excluding hydrogens is 296 g/mol. The Morgan fingerprint density at radius 2 is 2.04 bits per heavy atom. The van der Waals surface area contributed by atoms with Crippen molar-refractivity contribution in [2.75, 3.05) is 6.61 Å². The van der Waals surface area contributed by atoms with Gasteiger partial charge in [0.15, 0.2) is 0 Å². The van der Waals surface area contributed by atoms with E-state index in [2.05, 4.69) is 0 Å². The van der Waals surface area contributed by atoms with E-state index in [1.54, 1.807) is 0 Å². The summed E-state index contributed by atoms with van der Waals surface area (Å²) in [6.45, 7) is 3.36. The molecule has 3 aliphatic carbocycles. The van der Waals surface area contributed by atoms with Gasteiger partial charge in [0.05, 0.1) is 6.10 Å². The molecule has 2 N–H and O–H groups in total. The lowest BCUT2D eigenvalue weighted by Gasteiger charge is -2.51. The molecule has 2 bridgehead atoms. The first-order chi connectivity index (χ1) is 10.8. The molecule has 23 heavy (non-hydrogen) atoms. The maximum Gasteiger partial charge on any atom is 0.332 e. The number of ketones is 1. The third-order valence-corrected chi connectivity index (χ3v) is 6.63. The fourth-order valence-corrected chi connectivity index (χ4v) is 5.39. The summed E-state index contributed by atoms with van der Waals surface area (Å²) in [5.41, 5.74) is -0.499. The fraction of sp³-hybridized carbons (Fsp3) is 0.889. The molecule has 0 aromatic heterocycles. The van der Waals surface area contributed by atoms with Crippen molar-refractivity contribution in [3.63, 3.8) is 0 Å². The van der Waals surface area contributed by atoms with Gasteiger partial charge in [-0.15, -0.1) is 0 Å². The van der Waals surface area contributed by atoms with E-state index in [-0.39, 0.29) is 28.4 Å². The Hall–Kier alpha value is -0.940. The van der Waals surface area contributed by atoms with Crippen LogP contribution < -0.4 is 0 Å². The fourth-order valence-electron chi connectivity index (χ4n) is 5.39. The Bertz CT molecular complexity index is 500. The molecule has 5 atom stereocenters. The molecular formula is C18H28O5. The largest absolute Gasteiger partial charge is 0.460 e. The van der Waals surface area contributed by atoms with Gasteiger partial charge in [0.2, 0.25) is 0 Å². The summed E-state index contributed by atoms with van der Waals surface area (Å²) in [5, 5.41) is 19.8. The molecule has 0 aliphatic heterocycles. The number of hydrogen-bond donors (Lipinski definition) is 2. The molecule has 5 heteroatoms. The van der Waals surface area contributed by atoms with Gasteiger partial charge < -0.3 is 14.9 Å². The lowest BCUT2D eigenvalue weighted by molar-refractivity contribution is -0.171. The Morgan fingerprint density at radius 1 is 1.30 bits per heavy atom. The number of aliphatic hydroxyl groups is 2. The summed E-state index contributed by atoms with van der Waals surface area (Å²) in [5.74, 6) is -0.436. The quantitative estimate of drug-likeness (QED) is 0.757. The molecule has 0 aromatic carbocycles. The van der Waals surface area contributed by atoms with Crippen LogP contribution in [0.4, 0.5) is 0 Å². The van der Waals surface area contributed by atoms with E-state index < -0.39 is 24.8 Å². The summed E-state index contributed by atoms with van der Waals surface area (Å²) in [6.07, 6.45) is 4.60. The monoisotopic (exact) mass is 324 g/mol. The van der Waals surface area contributed by atoms with Crippen molar-refractivity contribution in [2.45, 2.75) is 71.0 Å². The first kappa shape index (κ1) is 16.9. The van der Waals surface area contributed by atoms with Crippen LogP contribution in [0.25, 0.3) is 0 Å². The van der Waals surface area contributed by atoms with E-state index in [0.29, 0.717) is 19.3 Å². The van der Waals surface area contributed by atoms with Crippen molar-refractivity contribution in [1.29, 1.82) is 0 Å². The van der Waals surface area contributed by atoms with Gasteiger partial charge in [0, 0.05) is 18.3 Å². The smallest absolute Gasteiger partial charge is 0.332 e. The second-order valence-corrected chi connectivity index (χ2v) is 8.46. The molecule has 0 radical (unpaired) electrons. The van der Waals surface area contributed by atoms with Crippen LogP contribution in [0.2, 0.25) is 0 Å². The van der Waals surface area contributed by atoms with Crippen molar-refractivity contribution in [1.82, 2.24) is 0 Å². The second kappa shape index (κ2) is 5.85. The van der Waals surface area contributed by atoms with Crippen LogP contribution in [0.5, 0.6) is 0 Å². The van der Waals surface area contributed by atoms with E-state index in [4.69, 9.17) is 9.84 Å². The standard InChI is InChI=1S/C18H28O5/c1-17(2)8-13(23-15(22)10-19)11-4-3-6-18(9-14(17)21)7-5-12(20)16(11)18/h11,13-14,16,19,21H,3-10H2,1-2H3/t11?,13-,14-,16?,18?/m0/s1. The predicted molar refractivity (Wildman–Crippen MR) is 83.5 cm³/mol. The van der Waals surface area contributed by atoms with E-state index >= 15 is 0 Å². The maximum atomic E-state index is 12.6. The van der Waals surface area contributed by atoms with Crippen LogP contribution >= 0.6 is 0 Å². The van der Waals surface area contributed by atoms with Crippen molar-refractivity contribution in [3.05, 3.63) is 0 Å². The normalized spacial score (nSPS) is 42.5. The van der Waals surface area contributed by atoms with Crippen LogP contribution in [-0.2, 0) is 14.3 Å². The molecule has 5 nitrogen and oxygen atoms in total. The first-order valence-corrected chi connectivity index (χ1v) is 8.80. The van der Waals surface area contributed by atoms with Crippen LogP contribution in [-0.4, -0.2) is 40.8 Å². The minimum absolute atomic E-state index is 0.0287. The summed E-state index contributed by atoms with van der Waals surface area (Å²) in [6, 6.07) is 0. The Balaban J connectivity index is 1.99. The van der Waals surface area contributed by atoms with Gasteiger partial charge in [-0.3, -0.25) is 4.79 Å². The van der Waals surface area contributed by atoms with Crippen molar-refractivity contribution >= 4 is 11.8 Å². The van der Waals surface area contributed by atoms with Gasteiger partial charge in [-0.05, 0) is 42.9 Å². The van der Waals surface area contributed by atoms with Gasteiger partial charge in [0.1, 0.15) is 18.5 Å². The number of hydrogen-bond acceptors (Lipinski definition) is 5. The highest BCUT2D eigenvalue weighted by molar-refractivity contribution is 5.85. The topological polar surface area (TPSA) is 83.8 Å². The Morgan fingerprint density at radius 3 is 2.74 bits per heavy atom. The summed E-state index contributed by atoms with van der Waals surface area (Å²) < 4.78 is 5.55. The highest BCUT2D eigenvalue weighted by atomic mass is 16.6. The SMILES string of the molecule is CC1(C)C[C@H](OC(=O)CO)C2CCCC3(CCC(=O)C23)C[C@@H]1O. The zero-order valence-corrected chi connectivity index (χ0v) is 14.1. The lowest BCUT2D eigenvalue weighted by Crippen LogP contribution is -2.52. The zero-order chi connectivity index (χ0) is 16.8. The van der Waals surface area contributed by atoms with Gasteiger partial charge in [0.25, 0.3) is 0 Å². The molecule has 130 valence electrons. The first-order valence-electron chi connectivity index (χ1n) is 8.80. The molecule has 3 fully saturated rings. The Kier molecular flexibility index (Phi) is 4.30. The number of carbonyl (C=O) groups excluding carboxylic acids is 2. The van der Waals surface area contributed by atoms with Crippen LogP contribution in [0.15, 0.2) is 0 Å². The third kappa shape index (κ3) is 2.82. The molecule has 0 aromatic rings. The highest BCUT2D eigenvalue weighted by Crippen LogP contribution is 2.59. The molecule has 3 unspecified atom stereocenters. The average molecular weight is 324 g/mol.